The summed E-state index contributed by atoms with van der Waals surface area (Å²) < 4.78 is 0. The van der Waals surface area contributed by atoms with Gasteiger partial charge in [-0.15, -0.1) is 11.3 Å². The summed E-state index contributed by atoms with van der Waals surface area (Å²) in [5.74, 6) is 0.893. The van der Waals surface area contributed by atoms with E-state index >= 15 is 0 Å². The zero-order chi connectivity index (χ0) is 10.5. The van der Waals surface area contributed by atoms with Crippen molar-refractivity contribution in [1.82, 2.24) is 10.3 Å². The molecular weight excluding hydrogens is 206 g/mol. The smallest absolute Gasteiger partial charge is 0.180 e. The molecule has 4 heteroatoms. The minimum atomic E-state index is 0.671. The van der Waals surface area contributed by atoms with Gasteiger partial charge in [-0.3, -0.25) is 0 Å². The van der Waals surface area contributed by atoms with Gasteiger partial charge in [0.15, 0.2) is 5.13 Å². The molecule has 15 heavy (non-hydrogen) atoms. The van der Waals surface area contributed by atoms with E-state index in [4.69, 9.17) is 5.73 Å². The third-order valence-electron chi connectivity index (χ3n) is 3.03. The summed E-state index contributed by atoms with van der Waals surface area (Å²) in [5, 5.41) is 4.17. The quantitative estimate of drug-likeness (QED) is 0.827. The fourth-order valence-corrected chi connectivity index (χ4v) is 2.85. The van der Waals surface area contributed by atoms with Crippen LogP contribution in [-0.2, 0) is 6.54 Å². The predicted molar refractivity (Wildman–Crippen MR) is 64.8 cm³/mol. The molecule has 1 aromatic rings. The molecule has 1 aromatic heterocycles. The lowest BCUT2D eigenvalue weighted by molar-refractivity contribution is 0.342. The molecule has 3 nitrogen and oxygen atoms in total. The van der Waals surface area contributed by atoms with Crippen LogP contribution in [0.2, 0.25) is 0 Å². The summed E-state index contributed by atoms with van der Waals surface area (Å²) in [6.45, 7) is 2.07. The van der Waals surface area contributed by atoms with Crippen LogP contribution in [0.25, 0.3) is 0 Å². The van der Waals surface area contributed by atoms with Gasteiger partial charge >= 0.3 is 0 Å². The number of rotatable bonds is 4. The predicted octanol–water partition coefficient (Wildman–Crippen LogP) is 2.40. The average Bonchev–Trinajstić information content (AvgIpc) is 2.66. The second-order valence-corrected chi connectivity index (χ2v) is 5.45. The van der Waals surface area contributed by atoms with Crippen molar-refractivity contribution in [3.63, 3.8) is 0 Å². The molecule has 0 saturated heterocycles. The van der Waals surface area contributed by atoms with E-state index in [9.17, 15) is 0 Å². The van der Waals surface area contributed by atoms with Crippen molar-refractivity contribution in [1.29, 1.82) is 0 Å². The number of anilines is 1. The lowest BCUT2D eigenvalue weighted by atomic mass is 9.89. The molecule has 0 atom stereocenters. The highest BCUT2D eigenvalue weighted by Gasteiger charge is 2.12. The van der Waals surface area contributed by atoms with Gasteiger partial charge < -0.3 is 11.1 Å². The van der Waals surface area contributed by atoms with Crippen LogP contribution in [0.4, 0.5) is 5.13 Å². The molecule has 2 rings (SSSR count). The maximum atomic E-state index is 5.57. The lowest BCUT2D eigenvalue weighted by Crippen LogP contribution is -2.23. The molecule has 1 heterocycles. The monoisotopic (exact) mass is 225 g/mol. The molecule has 0 radical (unpaired) electrons. The third-order valence-corrected chi connectivity index (χ3v) is 3.85. The Kier molecular flexibility index (Phi) is 3.97. The summed E-state index contributed by atoms with van der Waals surface area (Å²) in [6.07, 6.45) is 8.94. The standard InChI is InChI=1S/C11H19N3S/c12-11-14-8-10(15-11)7-13-6-9-4-2-1-3-5-9/h8-9,13H,1-7H2,(H2,12,14). The number of hydrogen-bond donors (Lipinski definition) is 2. The first-order valence-electron chi connectivity index (χ1n) is 5.75. The number of nitrogens with two attached hydrogens (primary N) is 1. The number of nitrogens with zero attached hydrogens (tertiary/aromatic N) is 1. The van der Waals surface area contributed by atoms with Crippen molar-refractivity contribution >= 4 is 16.5 Å². The second kappa shape index (κ2) is 5.47. The normalized spacial score (nSPS) is 18.1. The molecule has 0 amide bonds. The second-order valence-electron chi connectivity index (χ2n) is 4.30. The van der Waals surface area contributed by atoms with Crippen LogP contribution in [0.1, 0.15) is 37.0 Å². The molecule has 1 aliphatic carbocycles. The Bertz CT molecular complexity index is 292. The molecule has 0 unspecified atom stereocenters. The maximum Gasteiger partial charge on any atom is 0.180 e. The minimum Gasteiger partial charge on any atom is -0.375 e. The summed E-state index contributed by atoms with van der Waals surface area (Å²) in [6, 6.07) is 0. The largest absolute Gasteiger partial charge is 0.375 e. The van der Waals surface area contributed by atoms with Crippen LogP contribution >= 0.6 is 11.3 Å². The highest BCUT2D eigenvalue weighted by molar-refractivity contribution is 7.15. The first-order chi connectivity index (χ1) is 7.34. The molecule has 0 spiro atoms. The zero-order valence-electron chi connectivity index (χ0n) is 9.04. The van der Waals surface area contributed by atoms with E-state index in [1.807, 2.05) is 6.20 Å². The molecule has 0 aliphatic heterocycles. The lowest BCUT2D eigenvalue weighted by Gasteiger charge is -2.21. The fourth-order valence-electron chi connectivity index (χ4n) is 2.20. The van der Waals surface area contributed by atoms with Crippen molar-refractivity contribution < 1.29 is 0 Å². The third kappa shape index (κ3) is 3.47. The molecule has 1 saturated carbocycles. The van der Waals surface area contributed by atoms with Gasteiger partial charge in [0.2, 0.25) is 0 Å². The van der Waals surface area contributed by atoms with Gasteiger partial charge in [0.1, 0.15) is 0 Å². The molecule has 84 valence electrons. The van der Waals surface area contributed by atoms with Crippen molar-refractivity contribution in [2.24, 2.45) is 5.92 Å². The molecule has 1 aliphatic rings. The summed E-state index contributed by atoms with van der Waals surface area (Å²) in [7, 11) is 0. The number of thiazole rings is 1. The first kappa shape index (κ1) is 10.9. The topological polar surface area (TPSA) is 50.9 Å². The van der Waals surface area contributed by atoms with Gasteiger partial charge in [0.05, 0.1) is 0 Å². The van der Waals surface area contributed by atoms with Gasteiger partial charge in [0.25, 0.3) is 0 Å². The van der Waals surface area contributed by atoms with E-state index in [-0.39, 0.29) is 0 Å². The van der Waals surface area contributed by atoms with Crippen LogP contribution in [0.5, 0.6) is 0 Å². The van der Waals surface area contributed by atoms with E-state index in [1.54, 1.807) is 11.3 Å². The van der Waals surface area contributed by atoms with Crippen molar-refractivity contribution in [3.8, 4) is 0 Å². The Balaban J connectivity index is 1.65. The highest BCUT2D eigenvalue weighted by Crippen LogP contribution is 2.23. The molecule has 0 bridgehead atoms. The summed E-state index contributed by atoms with van der Waals surface area (Å²) in [5.41, 5.74) is 5.57. The summed E-state index contributed by atoms with van der Waals surface area (Å²) in [4.78, 5) is 5.28. The molecule has 0 aromatic carbocycles. The highest BCUT2D eigenvalue weighted by atomic mass is 32.1. The zero-order valence-corrected chi connectivity index (χ0v) is 9.85. The fraction of sp³-hybridized carbons (Fsp3) is 0.727. The van der Waals surface area contributed by atoms with Gasteiger partial charge in [-0.25, -0.2) is 4.98 Å². The average molecular weight is 225 g/mol. The van der Waals surface area contributed by atoms with Gasteiger partial charge in [-0.1, -0.05) is 19.3 Å². The Hall–Kier alpha value is -0.610. The molecule has 3 N–H and O–H groups in total. The van der Waals surface area contributed by atoms with Crippen LogP contribution in [0, 0.1) is 5.92 Å². The minimum absolute atomic E-state index is 0.671. The van der Waals surface area contributed by atoms with Crippen LogP contribution in [0.15, 0.2) is 6.20 Å². The number of nitrogens with one attached hydrogen (secondary N) is 1. The van der Waals surface area contributed by atoms with E-state index in [0.717, 1.165) is 19.0 Å². The number of nitrogen functional groups attached to an aromatic ring is 1. The molecular formula is C11H19N3S. The van der Waals surface area contributed by atoms with Crippen molar-refractivity contribution in [3.05, 3.63) is 11.1 Å². The maximum absolute atomic E-state index is 5.57. The van der Waals surface area contributed by atoms with Gasteiger partial charge in [-0.2, -0.15) is 0 Å². The van der Waals surface area contributed by atoms with E-state index in [1.165, 1.54) is 37.0 Å². The SMILES string of the molecule is Nc1ncc(CNCC2CCCCC2)s1. The van der Waals surface area contributed by atoms with Crippen molar-refractivity contribution in [2.75, 3.05) is 12.3 Å². The van der Waals surface area contributed by atoms with Gasteiger partial charge in [-0.05, 0) is 25.3 Å². The van der Waals surface area contributed by atoms with Gasteiger partial charge in [0, 0.05) is 17.6 Å². The van der Waals surface area contributed by atoms with Crippen LogP contribution < -0.4 is 11.1 Å². The van der Waals surface area contributed by atoms with E-state index in [0.29, 0.717) is 5.13 Å². The Morgan fingerprint density at radius 1 is 1.40 bits per heavy atom. The Morgan fingerprint density at radius 2 is 2.20 bits per heavy atom. The number of aromatic nitrogens is 1. The Labute approximate surface area is 95.1 Å². The summed E-state index contributed by atoms with van der Waals surface area (Å²) >= 11 is 1.58. The first-order valence-corrected chi connectivity index (χ1v) is 6.57. The Morgan fingerprint density at radius 3 is 2.87 bits per heavy atom. The van der Waals surface area contributed by atoms with Crippen molar-refractivity contribution in [2.45, 2.75) is 38.6 Å². The number of hydrogen-bond acceptors (Lipinski definition) is 4. The van der Waals surface area contributed by atoms with E-state index < -0.39 is 0 Å². The van der Waals surface area contributed by atoms with Crippen LogP contribution in [0.3, 0.4) is 0 Å². The molecule has 1 fully saturated rings. The van der Waals surface area contributed by atoms with Crippen LogP contribution in [-0.4, -0.2) is 11.5 Å². The van der Waals surface area contributed by atoms with E-state index in [2.05, 4.69) is 10.3 Å².